The molecule has 10 heteroatoms. The van der Waals surface area contributed by atoms with Gasteiger partial charge in [0.15, 0.2) is 0 Å². The van der Waals surface area contributed by atoms with Crippen LogP contribution in [0, 0.1) is 0 Å². The quantitative estimate of drug-likeness (QED) is 0.353. The zero-order chi connectivity index (χ0) is 24.7. The van der Waals surface area contributed by atoms with Crippen molar-refractivity contribution in [1.29, 1.82) is 0 Å². The third kappa shape index (κ3) is 7.12. The number of ether oxygens (including phenoxy) is 2. The van der Waals surface area contributed by atoms with Gasteiger partial charge in [0, 0.05) is 10.0 Å². The number of nitrogens with zero attached hydrogens (tertiary/aromatic N) is 1. The fraction of sp³-hybridized carbons (Fsp3) is 0.208. The van der Waals surface area contributed by atoms with E-state index in [4.69, 9.17) is 21.1 Å². The minimum Gasteiger partial charge on any atom is -0.497 e. The molecular weight excluding hydrogens is 544 g/mol. The van der Waals surface area contributed by atoms with Gasteiger partial charge >= 0.3 is 0 Å². The molecule has 7 nitrogen and oxygen atoms in total. The van der Waals surface area contributed by atoms with E-state index in [1.165, 1.54) is 4.31 Å². The molecule has 180 valence electrons. The summed E-state index contributed by atoms with van der Waals surface area (Å²) in [7, 11) is -1.96. The number of carbonyl (C=O) groups is 1. The van der Waals surface area contributed by atoms with Crippen LogP contribution in [0.1, 0.15) is 15.9 Å². The molecule has 0 radical (unpaired) electrons. The first-order valence-corrected chi connectivity index (χ1v) is 13.3. The molecule has 3 rings (SSSR count). The van der Waals surface area contributed by atoms with Gasteiger partial charge in [-0.1, -0.05) is 23.7 Å². The van der Waals surface area contributed by atoms with Crippen LogP contribution in [0.4, 0.5) is 5.69 Å². The Bertz CT molecular complexity index is 1240. The Morgan fingerprint density at radius 2 is 1.68 bits per heavy atom. The number of hydrogen-bond acceptors (Lipinski definition) is 5. The first kappa shape index (κ1) is 25.9. The maximum absolute atomic E-state index is 12.4. The van der Waals surface area contributed by atoms with Crippen molar-refractivity contribution in [2.45, 2.75) is 6.54 Å². The number of anilines is 1. The molecule has 0 fully saturated rings. The summed E-state index contributed by atoms with van der Waals surface area (Å²) < 4.78 is 37.4. The van der Waals surface area contributed by atoms with E-state index in [9.17, 15) is 13.2 Å². The van der Waals surface area contributed by atoms with Crippen molar-refractivity contribution in [3.8, 4) is 11.5 Å². The van der Waals surface area contributed by atoms with Gasteiger partial charge in [0.05, 0.1) is 37.2 Å². The number of sulfonamides is 1. The molecule has 0 bridgehead atoms. The Balaban J connectivity index is 1.57. The molecule has 0 unspecified atom stereocenters. The highest BCUT2D eigenvalue weighted by Gasteiger charge is 2.19. The molecule has 0 aliphatic carbocycles. The van der Waals surface area contributed by atoms with Crippen LogP contribution in [-0.2, 0) is 16.6 Å². The Hall–Kier alpha value is -2.75. The summed E-state index contributed by atoms with van der Waals surface area (Å²) in [5, 5.41) is 3.21. The van der Waals surface area contributed by atoms with Crippen LogP contribution >= 0.6 is 27.5 Å². The third-order valence-corrected chi connectivity index (χ3v) is 7.22. The summed E-state index contributed by atoms with van der Waals surface area (Å²) in [6.07, 6.45) is 1.14. The average molecular weight is 568 g/mol. The molecule has 0 aliphatic rings. The standard InChI is InChI=1S/C24H24BrClN2O5S/c1-32-20-8-10-21(11-9-20)33-14-13-27-24(29)18-5-3-17(4-6-18)16-28(34(2,30)31)19-7-12-22(25)23(26)15-19/h3-12,15H,13-14,16H2,1-2H3,(H,27,29). The minimum atomic E-state index is -3.55. The van der Waals surface area contributed by atoms with Crippen molar-refractivity contribution in [1.82, 2.24) is 5.32 Å². The van der Waals surface area contributed by atoms with Gasteiger partial charge in [-0.25, -0.2) is 8.42 Å². The molecule has 1 amide bonds. The second kappa shape index (κ2) is 11.6. The number of nitrogens with one attached hydrogen (secondary N) is 1. The van der Waals surface area contributed by atoms with Crippen LogP contribution in [0.15, 0.2) is 71.2 Å². The number of carbonyl (C=O) groups excluding carboxylic acids is 1. The van der Waals surface area contributed by atoms with Gasteiger partial charge in [-0.3, -0.25) is 9.10 Å². The van der Waals surface area contributed by atoms with E-state index in [0.29, 0.717) is 39.6 Å². The smallest absolute Gasteiger partial charge is 0.251 e. The van der Waals surface area contributed by atoms with E-state index in [1.54, 1.807) is 73.8 Å². The van der Waals surface area contributed by atoms with Gasteiger partial charge in [0.25, 0.3) is 5.91 Å². The summed E-state index contributed by atoms with van der Waals surface area (Å²) >= 11 is 9.45. The zero-order valence-electron chi connectivity index (χ0n) is 18.6. The molecule has 3 aromatic rings. The number of benzene rings is 3. The van der Waals surface area contributed by atoms with Gasteiger partial charge in [-0.2, -0.15) is 0 Å². The molecule has 1 N–H and O–H groups in total. The fourth-order valence-corrected chi connectivity index (χ4v) is 4.38. The molecule has 0 saturated carbocycles. The van der Waals surface area contributed by atoms with Crippen molar-refractivity contribution in [2.75, 3.05) is 30.8 Å². The molecule has 0 aliphatic heterocycles. The number of halogens is 2. The lowest BCUT2D eigenvalue weighted by Crippen LogP contribution is -2.29. The zero-order valence-corrected chi connectivity index (χ0v) is 21.8. The van der Waals surface area contributed by atoms with Crippen molar-refractivity contribution in [3.05, 3.63) is 87.4 Å². The van der Waals surface area contributed by atoms with Gasteiger partial charge < -0.3 is 14.8 Å². The van der Waals surface area contributed by atoms with E-state index in [-0.39, 0.29) is 12.5 Å². The number of hydrogen-bond donors (Lipinski definition) is 1. The predicted molar refractivity (Wildman–Crippen MR) is 137 cm³/mol. The summed E-state index contributed by atoms with van der Waals surface area (Å²) in [5.74, 6) is 1.18. The van der Waals surface area contributed by atoms with E-state index in [2.05, 4.69) is 21.2 Å². The van der Waals surface area contributed by atoms with Crippen LogP contribution in [0.25, 0.3) is 0 Å². The molecule has 0 saturated heterocycles. The van der Waals surface area contributed by atoms with Gasteiger partial charge in [-0.05, 0) is 76.1 Å². The van der Waals surface area contributed by atoms with E-state index < -0.39 is 10.0 Å². The van der Waals surface area contributed by atoms with Crippen molar-refractivity contribution < 1.29 is 22.7 Å². The Labute approximate surface area is 212 Å². The third-order valence-electron chi connectivity index (χ3n) is 4.85. The predicted octanol–water partition coefficient (Wildman–Crippen LogP) is 4.89. The summed E-state index contributed by atoms with van der Waals surface area (Å²) in [4.78, 5) is 12.4. The van der Waals surface area contributed by atoms with Crippen molar-refractivity contribution in [3.63, 3.8) is 0 Å². The van der Waals surface area contributed by atoms with E-state index in [0.717, 1.165) is 17.6 Å². The molecule has 0 aromatic heterocycles. The molecule has 34 heavy (non-hydrogen) atoms. The lowest BCUT2D eigenvalue weighted by Gasteiger charge is -2.23. The van der Waals surface area contributed by atoms with Crippen LogP contribution in [0.3, 0.4) is 0 Å². The van der Waals surface area contributed by atoms with Crippen molar-refractivity contribution >= 4 is 49.1 Å². The molecule has 3 aromatic carbocycles. The number of amides is 1. The first-order valence-electron chi connectivity index (χ1n) is 10.2. The SMILES string of the molecule is COc1ccc(OCCNC(=O)c2ccc(CN(c3ccc(Br)c(Cl)c3)S(C)(=O)=O)cc2)cc1. The maximum atomic E-state index is 12.4. The highest BCUT2D eigenvalue weighted by atomic mass is 79.9. The highest BCUT2D eigenvalue weighted by Crippen LogP contribution is 2.29. The van der Waals surface area contributed by atoms with E-state index >= 15 is 0 Å². The monoisotopic (exact) mass is 566 g/mol. The lowest BCUT2D eigenvalue weighted by atomic mass is 10.1. The minimum absolute atomic E-state index is 0.106. The second-order valence-corrected chi connectivity index (χ2v) is 10.5. The van der Waals surface area contributed by atoms with Crippen molar-refractivity contribution in [2.24, 2.45) is 0 Å². The van der Waals surface area contributed by atoms with Crippen LogP contribution < -0.4 is 19.1 Å². The average Bonchev–Trinajstić information content (AvgIpc) is 2.82. The van der Waals surface area contributed by atoms with Crippen LogP contribution in [-0.4, -0.2) is 40.8 Å². The molecule has 0 spiro atoms. The fourth-order valence-electron chi connectivity index (χ4n) is 3.08. The van der Waals surface area contributed by atoms with Crippen LogP contribution in [0.2, 0.25) is 5.02 Å². The topological polar surface area (TPSA) is 84.9 Å². The van der Waals surface area contributed by atoms with Gasteiger partial charge in [0.1, 0.15) is 18.1 Å². The molecule has 0 atom stereocenters. The Morgan fingerprint density at radius 3 is 2.26 bits per heavy atom. The normalized spacial score (nSPS) is 11.1. The summed E-state index contributed by atoms with van der Waals surface area (Å²) in [6.45, 7) is 0.752. The molecule has 0 heterocycles. The summed E-state index contributed by atoms with van der Waals surface area (Å²) in [6, 6.07) is 18.9. The molecular formula is C24H24BrClN2O5S. The summed E-state index contributed by atoms with van der Waals surface area (Å²) in [5.41, 5.74) is 1.64. The number of rotatable bonds is 10. The highest BCUT2D eigenvalue weighted by molar-refractivity contribution is 9.10. The largest absolute Gasteiger partial charge is 0.497 e. The maximum Gasteiger partial charge on any atom is 0.251 e. The van der Waals surface area contributed by atoms with Crippen LogP contribution in [0.5, 0.6) is 11.5 Å². The first-order chi connectivity index (χ1) is 16.2. The van der Waals surface area contributed by atoms with Gasteiger partial charge in [0.2, 0.25) is 10.0 Å². The van der Waals surface area contributed by atoms with Gasteiger partial charge in [-0.15, -0.1) is 0 Å². The Morgan fingerprint density at radius 1 is 1.03 bits per heavy atom. The Kier molecular flexibility index (Phi) is 8.82. The van der Waals surface area contributed by atoms with E-state index in [1.807, 2.05) is 0 Å². The number of methoxy groups -OCH3 is 1. The second-order valence-electron chi connectivity index (χ2n) is 7.34. The lowest BCUT2D eigenvalue weighted by molar-refractivity contribution is 0.0947.